The highest BCUT2D eigenvalue weighted by atomic mass is 16.1. The number of hydrogen-bond acceptors (Lipinski definition) is 2. The van der Waals surface area contributed by atoms with E-state index in [9.17, 15) is 4.79 Å². The molecule has 1 aliphatic rings. The summed E-state index contributed by atoms with van der Waals surface area (Å²) >= 11 is 0. The van der Waals surface area contributed by atoms with Crippen molar-refractivity contribution in [3.05, 3.63) is 48.0 Å². The first-order valence-electron chi connectivity index (χ1n) is 7.19. The second kappa shape index (κ2) is 6.27. The van der Waals surface area contributed by atoms with Crippen LogP contribution >= 0.6 is 0 Å². The summed E-state index contributed by atoms with van der Waals surface area (Å²) in [6.07, 6.45) is 8.83. The van der Waals surface area contributed by atoms with Crippen molar-refractivity contribution in [2.75, 3.05) is 5.32 Å². The van der Waals surface area contributed by atoms with E-state index in [1.54, 1.807) is 6.20 Å². The van der Waals surface area contributed by atoms with Gasteiger partial charge in [-0.05, 0) is 36.6 Å². The van der Waals surface area contributed by atoms with Gasteiger partial charge in [-0.1, -0.05) is 11.8 Å². The lowest BCUT2D eigenvalue weighted by atomic mass is 10.0. The van der Waals surface area contributed by atoms with Gasteiger partial charge in [0.15, 0.2) is 0 Å². The number of aryl methyl sites for hydroxylation is 2. The van der Waals surface area contributed by atoms with Gasteiger partial charge in [0, 0.05) is 43.0 Å². The third-order valence-electron chi connectivity index (χ3n) is 3.51. The topological polar surface area (TPSA) is 46.9 Å². The monoisotopic (exact) mass is 279 g/mol. The Morgan fingerprint density at radius 3 is 3.14 bits per heavy atom. The van der Waals surface area contributed by atoms with Crippen LogP contribution in [0.4, 0.5) is 5.69 Å². The van der Waals surface area contributed by atoms with E-state index in [0.717, 1.165) is 37.1 Å². The summed E-state index contributed by atoms with van der Waals surface area (Å²) in [5.74, 6) is 6.51. The Morgan fingerprint density at radius 1 is 1.33 bits per heavy atom. The summed E-state index contributed by atoms with van der Waals surface area (Å²) in [6.45, 7) is 0.949. The second-order valence-corrected chi connectivity index (χ2v) is 5.13. The smallest absolute Gasteiger partial charge is 0.224 e. The van der Waals surface area contributed by atoms with Crippen LogP contribution in [0.15, 0.2) is 36.9 Å². The number of imidazole rings is 1. The fourth-order valence-electron chi connectivity index (χ4n) is 2.39. The van der Waals surface area contributed by atoms with Gasteiger partial charge < -0.3 is 9.88 Å². The minimum atomic E-state index is 0.0980. The standard InChI is InChI=1S/C17H17N3O/c21-17-8-6-15-12-14(5-7-16(15)19-17)4-2-1-3-10-20-11-9-18-13-20/h5,7,9,11-13H,1,3,6,8,10H2,(H,19,21). The summed E-state index contributed by atoms with van der Waals surface area (Å²) in [5, 5.41) is 2.88. The van der Waals surface area contributed by atoms with E-state index in [0.29, 0.717) is 6.42 Å². The van der Waals surface area contributed by atoms with Gasteiger partial charge in [-0.25, -0.2) is 4.98 Å². The molecule has 106 valence electrons. The van der Waals surface area contributed by atoms with Crippen molar-refractivity contribution in [3.63, 3.8) is 0 Å². The molecule has 3 rings (SSSR count). The van der Waals surface area contributed by atoms with E-state index in [2.05, 4.69) is 32.8 Å². The molecule has 0 bridgehead atoms. The molecule has 2 heterocycles. The summed E-state index contributed by atoms with van der Waals surface area (Å²) in [5.41, 5.74) is 3.13. The average Bonchev–Trinajstić information content (AvgIpc) is 3.00. The van der Waals surface area contributed by atoms with Gasteiger partial charge in [-0.15, -0.1) is 0 Å². The van der Waals surface area contributed by atoms with Crippen LogP contribution in [-0.4, -0.2) is 15.5 Å². The van der Waals surface area contributed by atoms with Crippen LogP contribution in [0.3, 0.4) is 0 Å². The zero-order valence-corrected chi connectivity index (χ0v) is 11.8. The number of nitrogens with zero attached hydrogens (tertiary/aromatic N) is 2. The van der Waals surface area contributed by atoms with Gasteiger partial charge in [0.05, 0.1) is 6.33 Å². The van der Waals surface area contributed by atoms with Crippen molar-refractivity contribution >= 4 is 11.6 Å². The molecule has 0 saturated heterocycles. The molecule has 0 radical (unpaired) electrons. The molecule has 0 aliphatic carbocycles. The number of aromatic nitrogens is 2. The van der Waals surface area contributed by atoms with E-state index in [-0.39, 0.29) is 5.91 Å². The summed E-state index contributed by atoms with van der Waals surface area (Å²) in [4.78, 5) is 15.3. The van der Waals surface area contributed by atoms with Crippen LogP contribution in [0.25, 0.3) is 0 Å². The van der Waals surface area contributed by atoms with Gasteiger partial charge in [0.2, 0.25) is 5.91 Å². The third kappa shape index (κ3) is 3.51. The van der Waals surface area contributed by atoms with Gasteiger partial charge in [-0.2, -0.15) is 0 Å². The SMILES string of the molecule is O=C1CCc2cc(C#CCCCn3ccnc3)ccc2N1. The number of benzene rings is 1. The number of nitrogens with one attached hydrogen (secondary N) is 1. The number of rotatable bonds is 3. The Balaban J connectivity index is 1.56. The quantitative estimate of drug-likeness (QED) is 0.693. The van der Waals surface area contributed by atoms with Crippen LogP contribution in [0, 0.1) is 11.8 Å². The highest BCUT2D eigenvalue weighted by Gasteiger charge is 2.13. The van der Waals surface area contributed by atoms with Crippen molar-refractivity contribution in [1.82, 2.24) is 9.55 Å². The van der Waals surface area contributed by atoms with Crippen LogP contribution in [0.5, 0.6) is 0 Å². The minimum absolute atomic E-state index is 0.0980. The van der Waals surface area contributed by atoms with E-state index in [1.807, 2.05) is 24.7 Å². The normalized spacial score (nSPS) is 13.0. The zero-order chi connectivity index (χ0) is 14.5. The molecule has 1 N–H and O–H groups in total. The molecule has 0 fully saturated rings. The Labute approximate surface area is 124 Å². The van der Waals surface area contributed by atoms with Crippen LogP contribution in [0.1, 0.15) is 30.4 Å². The second-order valence-electron chi connectivity index (χ2n) is 5.13. The fourth-order valence-corrected chi connectivity index (χ4v) is 2.39. The first-order chi connectivity index (χ1) is 10.3. The molecule has 0 atom stereocenters. The molecule has 4 heteroatoms. The molecule has 1 aromatic heterocycles. The van der Waals surface area contributed by atoms with Crippen molar-refractivity contribution in [2.45, 2.75) is 32.2 Å². The molecular formula is C17H17N3O. The number of hydrogen-bond donors (Lipinski definition) is 1. The lowest BCUT2D eigenvalue weighted by Gasteiger charge is -2.16. The maximum atomic E-state index is 11.3. The Hall–Kier alpha value is -2.54. The highest BCUT2D eigenvalue weighted by molar-refractivity contribution is 5.93. The van der Waals surface area contributed by atoms with Crippen LogP contribution in [0.2, 0.25) is 0 Å². The Bertz CT molecular complexity index is 693. The Morgan fingerprint density at radius 2 is 2.29 bits per heavy atom. The lowest BCUT2D eigenvalue weighted by molar-refractivity contribution is -0.116. The van der Waals surface area contributed by atoms with Crippen molar-refractivity contribution < 1.29 is 4.79 Å². The third-order valence-corrected chi connectivity index (χ3v) is 3.51. The average molecular weight is 279 g/mol. The molecule has 0 saturated carbocycles. The van der Waals surface area contributed by atoms with E-state index < -0.39 is 0 Å². The molecule has 2 aromatic rings. The number of carbonyl (C=O) groups excluding carboxylic acids is 1. The molecular weight excluding hydrogens is 262 g/mol. The summed E-state index contributed by atoms with van der Waals surface area (Å²) < 4.78 is 2.06. The molecule has 0 unspecified atom stereocenters. The van der Waals surface area contributed by atoms with Gasteiger partial charge in [0.1, 0.15) is 0 Å². The zero-order valence-electron chi connectivity index (χ0n) is 11.8. The first-order valence-corrected chi connectivity index (χ1v) is 7.19. The predicted molar refractivity (Wildman–Crippen MR) is 81.7 cm³/mol. The molecule has 21 heavy (non-hydrogen) atoms. The first kappa shape index (κ1) is 13.4. The molecule has 1 amide bonds. The van der Waals surface area contributed by atoms with Crippen LogP contribution < -0.4 is 5.32 Å². The number of amides is 1. The van der Waals surface area contributed by atoms with Crippen molar-refractivity contribution in [1.29, 1.82) is 0 Å². The fraction of sp³-hybridized carbons (Fsp3) is 0.294. The van der Waals surface area contributed by atoms with Crippen LogP contribution in [-0.2, 0) is 17.8 Å². The maximum absolute atomic E-state index is 11.3. The maximum Gasteiger partial charge on any atom is 0.224 e. The van der Waals surface area contributed by atoms with E-state index >= 15 is 0 Å². The minimum Gasteiger partial charge on any atom is -0.337 e. The molecule has 0 spiro atoms. The highest BCUT2D eigenvalue weighted by Crippen LogP contribution is 2.23. The van der Waals surface area contributed by atoms with Gasteiger partial charge in [0.25, 0.3) is 0 Å². The molecule has 1 aliphatic heterocycles. The lowest BCUT2D eigenvalue weighted by Crippen LogP contribution is -2.18. The summed E-state index contributed by atoms with van der Waals surface area (Å²) in [6, 6.07) is 5.99. The number of carbonyl (C=O) groups is 1. The predicted octanol–water partition coefficient (Wildman–Crippen LogP) is 2.60. The summed E-state index contributed by atoms with van der Waals surface area (Å²) in [7, 11) is 0. The molecule has 4 nitrogen and oxygen atoms in total. The van der Waals surface area contributed by atoms with Gasteiger partial charge in [-0.3, -0.25) is 4.79 Å². The van der Waals surface area contributed by atoms with E-state index in [1.165, 1.54) is 5.56 Å². The number of anilines is 1. The molecule has 1 aromatic carbocycles. The number of fused-ring (bicyclic) bond motifs is 1. The number of unbranched alkanes of at least 4 members (excludes halogenated alkanes) is 1. The van der Waals surface area contributed by atoms with E-state index in [4.69, 9.17) is 0 Å². The van der Waals surface area contributed by atoms with Crippen molar-refractivity contribution in [3.8, 4) is 11.8 Å². The Kier molecular flexibility index (Phi) is 4.02. The van der Waals surface area contributed by atoms with Crippen molar-refractivity contribution in [2.24, 2.45) is 0 Å². The largest absolute Gasteiger partial charge is 0.337 e. The van der Waals surface area contributed by atoms with Gasteiger partial charge >= 0.3 is 0 Å².